The van der Waals surface area contributed by atoms with Crippen LogP contribution < -0.4 is 5.32 Å². The molecule has 0 unspecified atom stereocenters. The molecule has 4 nitrogen and oxygen atoms in total. The number of benzene rings is 2. The summed E-state index contributed by atoms with van der Waals surface area (Å²) in [7, 11) is 0. The lowest BCUT2D eigenvalue weighted by atomic mass is 10.1. The van der Waals surface area contributed by atoms with E-state index in [1.807, 2.05) is 50.2 Å². The summed E-state index contributed by atoms with van der Waals surface area (Å²) in [5.41, 5.74) is 4.32. The van der Waals surface area contributed by atoms with Crippen LogP contribution in [0.3, 0.4) is 0 Å². The average Bonchev–Trinajstić information content (AvgIpc) is 3.01. The first kappa shape index (κ1) is 16.3. The molecule has 0 aliphatic heterocycles. The molecule has 3 aromatic rings. The molecule has 0 atom stereocenters. The van der Waals surface area contributed by atoms with Gasteiger partial charge in [-0.05, 0) is 50.2 Å². The van der Waals surface area contributed by atoms with Gasteiger partial charge in [0.15, 0.2) is 5.76 Å². The number of rotatable bonds is 4. The van der Waals surface area contributed by atoms with E-state index in [0.29, 0.717) is 28.6 Å². The lowest BCUT2D eigenvalue weighted by Gasteiger charge is -2.05. The van der Waals surface area contributed by atoms with Crippen LogP contribution in [0.5, 0.6) is 0 Å². The Kier molecular flexibility index (Phi) is 4.67. The van der Waals surface area contributed by atoms with E-state index in [4.69, 9.17) is 16.1 Å². The molecule has 0 aliphatic carbocycles. The summed E-state index contributed by atoms with van der Waals surface area (Å²) < 4.78 is 5.32. The molecule has 0 bridgehead atoms. The van der Waals surface area contributed by atoms with Crippen molar-refractivity contribution in [3.05, 3.63) is 75.9 Å². The van der Waals surface area contributed by atoms with Crippen molar-refractivity contribution in [2.45, 2.75) is 20.4 Å². The fourth-order valence-electron chi connectivity index (χ4n) is 2.52. The van der Waals surface area contributed by atoms with Gasteiger partial charge in [-0.15, -0.1) is 0 Å². The van der Waals surface area contributed by atoms with E-state index in [-0.39, 0.29) is 5.91 Å². The van der Waals surface area contributed by atoms with Crippen LogP contribution in [0.4, 0.5) is 0 Å². The monoisotopic (exact) mass is 340 g/mol. The maximum absolute atomic E-state index is 12.3. The molecule has 0 spiro atoms. The van der Waals surface area contributed by atoms with Crippen molar-refractivity contribution in [1.29, 1.82) is 0 Å². The first-order chi connectivity index (χ1) is 11.5. The molecule has 1 N–H and O–H groups in total. The first-order valence-corrected chi connectivity index (χ1v) is 7.97. The number of hydrogen-bond acceptors (Lipinski definition) is 3. The predicted molar refractivity (Wildman–Crippen MR) is 94.0 cm³/mol. The van der Waals surface area contributed by atoms with Gasteiger partial charge in [-0.1, -0.05) is 34.0 Å². The minimum absolute atomic E-state index is 0.127. The Morgan fingerprint density at radius 1 is 1.08 bits per heavy atom. The number of amides is 1. The summed E-state index contributed by atoms with van der Waals surface area (Å²) in [5.74, 6) is 0.514. The van der Waals surface area contributed by atoms with E-state index < -0.39 is 0 Å². The number of halogens is 1. The summed E-state index contributed by atoms with van der Waals surface area (Å²) in [6, 6.07) is 14.9. The minimum Gasteiger partial charge on any atom is -0.356 e. The van der Waals surface area contributed by atoms with E-state index in [9.17, 15) is 4.79 Å². The standard InChI is InChI=1S/C19H17ClN2O2/c1-12-7-13(2)9-15(8-12)19(23)21-11-17-10-18(24-22-17)14-3-5-16(20)6-4-14/h3-10H,11H2,1-2H3,(H,21,23). The molecular formula is C19H17ClN2O2. The second kappa shape index (κ2) is 6.89. The summed E-state index contributed by atoms with van der Waals surface area (Å²) in [6.45, 7) is 4.25. The molecular weight excluding hydrogens is 324 g/mol. The number of nitrogens with one attached hydrogen (secondary N) is 1. The van der Waals surface area contributed by atoms with Gasteiger partial charge in [0, 0.05) is 22.2 Å². The Labute approximate surface area is 145 Å². The fourth-order valence-corrected chi connectivity index (χ4v) is 2.65. The van der Waals surface area contributed by atoms with Crippen LogP contribution in [0.15, 0.2) is 53.1 Å². The normalized spacial score (nSPS) is 10.6. The van der Waals surface area contributed by atoms with E-state index >= 15 is 0 Å². The summed E-state index contributed by atoms with van der Waals surface area (Å²) in [6.07, 6.45) is 0. The zero-order chi connectivity index (χ0) is 17.1. The van der Waals surface area contributed by atoms with Crippen molar-refractivity contribution in [2.75, 3.05) is 0 Å². The highest BCUT2D eigenvalue weighted by Gasteiger charge is 2.10. The van der Waals surface area contributed by atoms with Crippen LogP contribution in [-0.2, 0) is 6.54 Å². The molecule has 0 saturated heterocycles. The van der Waals surface area contributed by atoms with Crippen LogP contribution in [0.1, 0.15) is 27.2 Å². The van der Waals surface area contributed by atoms with Crippen molar-refractivity contribution in [2.24, 2.45) is 0 Å². The van der Waals surface area contributed by atoms with Gasteiger partial charge in [0.2, 0.25) is 0 Å². The highest BCUT2D eigenvalue weighted by atomic mass is 35.5. The molecule has 0 fully saturated rings. The number of aryl methyl sites for hydroxylation is 2. The van der Waals surface area contributed by atoms with Crippen LogP contribution in [0.2, 0.25) is 5.02 Å². The third kappa shape index (κ3) is 3.84. The molecule has 2 aromatic carbocycles. The van der Waals surface area contributed by atoms with Gasteiger partial charge in [0.1, 0.15) is 5.69 Å². The number of nitrogens with zero attached hydrogens (tertiary/aromatic N) is 1. The van der Waals surface area contributed by atoms with Crippen molar-refractivity contribution in [3.63, 3.8) is 0 Å². The Morgan fingerprint density at radius 2 is 1.75 bits per heavy atom. The Bertz CT molecular complexity index is 849. The van der Waals surface area contributed by atoms with E-state index in [1.165, 1.54) is 0 Å². The van der Waals surface area contributed by atoms with Crippen molar-refractivity contribution < 1.29 is 9.32 Å². The van der Waals surface area contributed by atoms with Gasteiger partial charge in [0.05, 0.1) is 6.54 Å². The molecule has 5 heteroatoms. The predicted octanol–water partition coefficient (Wildman–Crippen LogP) is 4.54. The molecule has 122 valence electrons. The zero-order valence-corrected chi connectivity index (χ0v) is 14.2. The lowest BCUT2D eigenvalue weighted by Crippen LogP contribution is -2.23. The molecule has 3 rings (SSSR count). The molecule has 0 aliphatic rings. The molecule has 0 radical (unpaired) electrons. The maximum Gasteiger partial charge on any atom is 0.251 e. The fraction of sp³-hybridized carbons (Fsp3) is 0.158. The highest BCUT2D eigenvalue weighted by molar-refractivity contribution is 6.30. The second-order valence-electron chi connectivity index (χ2n) is 5.75. The Balaban J connectivity index is 1.67. The summed E-state index contributed by atoms with van der Waals surface area (Å²) in [5, 5.41) is 7.52. The first-order valence-electron chi connectivity index (χ1n) is 7.59. The zero-order valence-electron chi connectivity index (χ0n) is 13.5. The SMILES string of the molecule is Cc1cc(C)cc(C(=O)NCc2cc(-c3ccc(Cl)cc3)on2)c1. The number of carbonyl (C=O) groups is 1. The molecule has 1 aromatic heterocycles. The van der Waals surface area contributed by atoms with E-state index in [2.05, 4.69) is 10.5 Å². The Morgan fingerprint density at radius 3 is 2.42 bits per heavy atom. The minimum atomic E-state index is -0.127. The molecule has 24 heavy (non-hydrogen) atoms. The maximum atomic E-state index is 12.3. The average molecular weight is 341 g/mol. The van der Waals surface area contributed by atoms with Gasteiger partial charge in [-0.3, -0.25) is 4.79 Å². The van der Waals surface area contributed by atoms with Crippen LogP contribution in [0, 0.1) is 13.8 Å². The topological polar surface area (TPSA) is 55.1 Å². The summed E-state index contributed by atoms with van der Waals surface area (Å²) in [4.78, 5) is 12.3. The summed E-state index contributed by atoms with van der Waals surface area (Å²) >= 11 is 5.88. The highest BCUT2D eigenvalue weighted by Crippen LogP contribution is 2.22. The van der Waals surface area contributed by atoms with E-state index in [0.717, 1.165) is 16.7 Å². The Hall–Kier alpha value is -2.59. The molecule has 1 amide bonds. The van der Waals surface area contributed by atoms with Gasteiger partial charge in [-0.25, -0.2) is 0 Å². The van der Waals surface area contributed by atoms with Gasteiger partial charge in [0.25, 0.3) is 5.91 Å². The van der Waals surface area contributed by atoms with Crippen LogP contribution in [-0.4, -0.2) is 11.1 Å². The second-order valence-corrected chi connectivity index (χ2v) is 6.18. The van der Waals surface area contributed by atoms with Crippen LogP contribution in [0.25, 0.3) is 11.3 Å². The third-order valence-electron chi connectivity index (χ3n) is 3.60. The van der Waals surface area contributed by atoms with Crippen molar-refractivity contribution in [3.8, 4) is 11.3 Å². The van der Waals surface area contributed by atoms with Gasteiger partial charge < -0.3 is 9.84 Å². The van der Waals surface area contributed by atoms with Gasteiger partial charge >= 0.3 is 0 Å². The third-order valence-corrected chi connectivity index (χ3v) is 3.85. The largest absolute Gasteiger partial charge is 0.356 e. The number of aromatic nitrogens is 1. The van der Waals surface area contributed by atoms with Crippen LogP contribution >= 0.6 is 11.6 Å². The molecule has 0 saturated carbocycles. The van der Waals surface area contributed by atoms with E-state index in [1.54, 1.807) is 12.1 Å². The van der Waals surface area contributed by atoms with Gasteiger partial charge in [-0.2, -0.15) is 0 Å². The lowest BCUT2D eigenvalue weighted by molar-refractivity contribution is 0.0950. The smallest absolute Gasteiger partial charge is 0.251 e. The number of carbonyl (C=O) groups excluding carboxylic acids is 1. The quantitative estimate of drug-likeness (QED) is 0.758. The molecule has 1 heterocycles. The number of hydrogen-bond donors (Lipinski definition) is 1. The van der Waals surface area contributed by atoms with Crippen molar-refractivity contribution in [1.82, 2.24) is 10.5 Å². The van der Waals surface area contributed by atoms with Crippen molar-refractivity contribution >= 4 is 17.5 Å².